The zero-order chi connectivity index (χ0) is 14.4. The maximum Gasteiger partial charge on any atom is 0.225 e. The molecule has 0 aliphatic carbocycles. The Hall–Kier alpha value is -1.36. The molecule has 108 valence electrons. The summed E-state index contributed by atoms with van der Waals surface area (Å²) in [5, 5.41) is 3.90. The molecule has 0 fully saturated rings. The van der Waals surface area contributed by atoms with Crippen LogP contribution in [-0.4, -0.2) is 29.1 Å². The topological polar surface area (TPSA) is 72.4 Å². The Morgan fingerprint density at radius 2 is 2.16 bits per heavy atom. The molecule has 2 unspecified atom stereocenters. The van der Waals surface area contributed by atoms with Crippen molar-refractivity contribution < 1.29 is 9.32 Å². The second kappa shape index (κ2) is 7.28. The van der Waals surface area contributed by atoms with E-state index >= 15 is 0 Å². The van der Waals surface area contributed by atoms with Gasteiger partial charge in [-0.1, -0.05) is 18.5 Å². The number of hydrogen-bond donors (Lipinski definition) is 1. The molecule has 1 aromatic rings. The molecule has 0 aromatic carbocycles. The van der Waals surface area contributed by atoms with Crippen LogP contribution >= 0.6 is 0 Å². The molecule has 19 heavy (non-hydrogen) atoms. The van der Waals surface area contributed by atoms with Crippen molar-refractivity contribution in [1.82, 2.24) is 10.1 Å². The van der Waals surface area contributed by atoms with Crippen LogP contribution in [0.4, 0.5) is 0 Å². The number of aryl methyl sites for hydroxylation is 1. The van der Waals surface area contributed by atoms with Gasteiger partial charge in [-0.25, -0.2) is 0 Å². The molecule has 1 amide bonds. The van der Waals surface area contributed by atoms with Crippen molar-refractivity contribution >= 4 is 5.91 Å². The van der Waals surface area contributed by atoms with Crippen LogP contribution in [0.15, 0.2) is 10.6 Å². The highest BCUT2D eigenvalue weighted by molar-refractivity contribution is 5.78. The highest BCUT2D eigenvalue weighted by atomic mass is 16.5. The molecule has 2 N–H and O–H groups in total. The Kier molecular flexibility index (Phi) is 6.02. The summed E-state index contributed by atoms with van der Waals surface area (Å²) in [5.74, 6) is 0.933. The second-order valence-corrected chi connectivity index (χ2v) is 5.43. The molecule has 1 rings (SSSR count). The normalized spacial score (nSPS) is 14.2. The molecule has 0 radical (unpaired) electrons. The van der Waals surface area contributed by atoms with Crippen LogP contribution in [0, 0.1) is 12.8 Å². The van der Waals surface area contributed by atoms with Gasteiger partial charge in [-0.15, -0.1) is 0 Å². The highest BCUT2D eigenvalue weighted by Gasteiger charge is 2.18. The first-order chi connectivity index (χ1) is 8.90. The Morgan fingerprint density at radius 3 is 2.68 bits per heavy atom. The first-order valence-electron chi connectivity index (χ1n) is 6.83. The molecule has 0 bridgehead atoms. The number of nitrogens with two attached hydrogens (primary N) is 1. The van der Waals surface area contributed by atoms with Gasteiger partial charge in [0.05, 0.1) is 6.54 Å². The molecule has 1 heterocycles. The van der Waals surface area contributed by atoms with E-state index in [0.717, 1.165) is 30.7 Å². The average molecular weight is 267 g/mol. The minimum atomic E-state index is 0.0248. The van der Waals surface area contributed by atoms with Crippen LogP contribution in [0.3, 0.4) is 0 Å². The van der Waals surface area contributed by atoms with E-state index in [0.29, 0.717) is 6.54 Å². The molecular weight excluding hydrogens is 242 g/mol. The summed E-state index contributed by atoms with van der Waals surface area (Å²) in [7, 11) is 1.80. The maximum absolute atomic E-state index is 12.2. The van der Waals surface area contributed by atoms with Crippen molar-refractivity contribution in [3.05, 3.63) is 17.5 Å². The summed E-state index contributed by atoms with van der Waals surface area (Å²) in [6, 6.07) is 2.06. The van der Waals surface area contributed by atoms with Crippen molar-refractivity contribution in [3.63, 3.8) is 0 Å². The van der Waals surface area contributed by atoms with Gasteiger partial charge in [-0.05, 0) is 26.7 Å². The van der Waals surface area contributed by atoms with Gasteiger partial charge in [0.15, 0.2) is 0 Å². The number of aromatic nitrogens is 1. The van der Waals surface area contributed by atoms with E-state index in [1.54, 1.807) is 11.9 Å². The van der Waals surface area contributed by atoms with Crippen molar-refractivity contribution in [3.8, 4) is 0 Å². The predicted octanol–water partition coefficient (Wildman–Crippen LogP) is 2.10. The van der Waals surface area contributed by atoms with Crippen molar-refractivity contribution in [2.24, 2.45) is 11.7 Å². The van der Waals surface area contributed by atoms with Crippen molar-refractivity contribution in [2.45, 2.75) is 52.6 Å². The third kappa shape index (κ3) is 5.42. The fraction of sp³-hybridized carbons (Fsp3) is 0.714. The van der Waals surface area contributed by atoms with E-state index < -0.39 is 0 Å². The lowest BCUT2D eigenvalue weighted by Crippen LogP contribution is -2.31. The zero-order valence-electron chi connectivity index (χ0n) is 12.3. The number of carbonyl (C=O) groups excluding carboxylic acids is 1. The summed E-state index contributed by atoms with van der Waals surface area (Å²) in [5.41, 5.74) is 6.49. The lowest BCUT2D eigenvalue weighted by Gasteiger charge is -2.20. The summed E-state index contributed by atoms with van der Waals surface area (Å²) in [4.78, 5) is 13.9. The zero-order valence-corrected chi connectivity index (χ0v) is 12.3. The summed E-state index contributed by atoms with van der Waals surface area (Å²) in [6.07, 6.45) is 2.83. The summed E-state index contributed by atoms with van der Waals surface area (Å²) >= 11 is 0. The second-order valence-electron chi connectivity index (χ2n) is 5.43. The lowest BCUT2D eigenvalue weighted by molar-refractivity contribution is -0.134. The van der Waals surface area contributed by atoms with Gasteiger partial charge < -0.3 is 15.2 Å². The van der Waals surface area contributed by atoms with Crippen LogP contribution in [0.25, 0.3) is 0 Å². The van der Waals surface area contributed by atoms with Gasteiger partial charge in [0, 0.05) is 25.1 Å². The molecule has 0 spiro atoms. The minimum absolute atomic E-state index is 0.0248. The molecule has 2 atom stereocenters. The fourth-order valence-corrected chi connectivity index (χ4v) is 2.06. The van der Waals surface area contributed by atoms with Crippen LogP contribution < -0.4 is 5.73 Å². The fourth-order valence-electron chi connectivity index (χ4n) is 2.06. The first kappa shape index (κ1) is 15.7. The monoisotopic (exact) mass is 267 g/mol. The number of amides is 1. The van der Waals surface area contributed by atoms with Crippen LogP contribution in [-0.2, 0) is 11.3 Å². The van der Waals surface area contributed by atoms with Crippen molar-refractivity contribution in [1.29, 1.82) is 0 Å². The molecule has 5 heteroatoms. The van der Waals surface area contributed by atoms with Gasteiger partial charge >= 0.3 is 0 Å². The Balaban J connectivity index is 2.38. The number of carbonyl (C=O) groups is 1. The van der Waals surface area contributed by atoms with E-state index in [2.05, 4.69) is 5.16 Å². The van der Waals surface area contributed by atoms with Crippen LogP contribution in [0.5, 0.6) is 0 Å². The largest absolute Gasteiger partial charge is 0.361 e. The lowest BCUT2D eigenvalue weighted by atomic mass is 10.0. The van der Waals surface area contributed by atoms with Crippen LogP contribution in [0.1, 0.15) is 44.6 Å². The SMILES string of the molecule is Cc1cc(CN(C)C(=O)C(C)CCCC(C)N)no1. The number of rotatable bonds is 7. The van der Waals surface area contributed by atoms with Gasteiger partial charge in [0.1, 0.15) is 11.5 Å². The van der Waals surface area contributed by atoms with E-state index in [1.807, 2.05) is 26.8 Å². The van der Waals surface area contributed by atoms with Crippen molar-refractivity contribution in [2.75, 3.05) is 7.05 Å². The maximum atomic E-state index is 12.2. The predicted molar refractivity (Wildman–Crippen MR) is 74.4 cm³/mol. The molecule has 5 nitrogen and oxygen atoms in total. The molecule has 0 aliphatic rings. The highest BCUT2D eigenvalue weighted by Crippen LogP contribution is 2.13. The standard InChI is InChI=1S/C14H25N3O2/c1-10(6-5-7-11(2)15)14(18)17(4)9-13-8-12(3)19-16-13/h8,10-11H,5-7,9,15H2,1-4H3. The minimum Gasteiger partial charge on any atom is -0.361 e. The molecule has 0 aliphatic heterocycles. The molecular formula is C14H25N3O2. The number of nitrogens with zero attached hydrogens (tertiary/aromatic N) is 2. The average Bonchev–Trinajstić information content (AvgIpc) is 2.73. The van der Waals surface area contributed by atoms with Gasteiger partial charge in [-0.3, -0.25) is 4.79 Å². The van der Waals surface area contributed by atoms with E-state index in [-0.39, 0.29) is 17.9 Å². The van der Waals surface area contributed by atoms with E-state index in [9.17, 15) is 4.79 Å². The Labute approximate surface area is 115 Å². The van der Waals surface area contributed by atoms with E-state index in [4.69, 9.17) is 10.3 Å². The Morgan fingerprint density at radius 1 is 1.47 bits per heavy atom. The first-order valence-corrected chi connectivity index (χ1v) is 6.83. The van der Waals surface area contributed by atoms with Gasteiger partial charge in [0.25, 0.3) is 0 Å². The quantitative estimate of drug-likeness (QED) is 0.821. The Bertz CT molecular complexity index is 401. The summed E-state index contributed by atoms with van der Waals surface area (Å²) < 4.78 is 4.99. The van der Waals surface area contributed by atoms with Gasteiger partial charge in [-0.2, -0.15) is 0 Å². The molecule has 1 aromatic heterocycles. The van der Waals surface area contributed by atoms with Gasteiger partial charge in [0.2, 0.25) is 5.91 Å². The smallest absolute Gasteiger partial charge is 0.225 e. The summed E-state index contributed by atoms with van der Waals surface area (Å²) in [6.45, 7) is 6.29. The molecule has 0 saturated carbocycles. The third-order valence-electron chi connectivity index (χ3n) is 3.17. The number of hydrogen-bond acceptors (Lipinski definition) is 4. The van der Waals surface area contributed by atoms with Crippen LogP contribution in [0.2, 0.25) is 0 Å². The van der Waals surface area contributed by atoms with E-state index in [1.165, 1.54) is 0 Å². The third-order valence-corrected chi connectivity index (χ3v) is 3.17. The molecule has 0 saturated heterocycles.